The van der Waals surface area contributed by atoms with Crippen LogP contribution in [0.25, 0.3) is 0 Å². The molecule has 3 heteroatoms. The van der Waals surface area contributed by atoms with E-state index >= 15 is 0 Å². The molecule has 0 aromatic rings. The number of rotatable bonds is 0. The molecule has 0 aromatic carbocycles. The van der Waals surface area contributed by atoms with Crippen LogP contribution in [0.2, 0.25) is 0 Å². The zero-order valence-corrected chi connectivity index (χ0v) is 3.57. The molecule has 0 fully saturated rings. The molecule has 0 bridgehead atoms. The summed E-state index contributed by atoms with van der Waals surface area (Å²) in [6.07, 6.45) is 3.30. The summed E-state index contributed by atoms with van der Waals surface area (Å²) < 4.78 is 0. The minimum absolute atomic E-state index is 0.255. The first-order chi connectivity index (χ1) is 3.47. The minimum Gasteiger partial charge on any atom is -0.251 e. The Morgan fingerprint density at radius 3 is 3.14 bits per heavy atom. The van der Waals surface area contributed by atoms with Crippen molar-refractivity contribution < 1.29 is 0 Å². The van der Waals surface area contributed by atoms with Gasteiger partial charge in [0, 0.05) is 6.21 Å². The molecule has 0 aliphatic carbocycles. The van der Waals surface area contributed by atoms with Gasteiger partial charge in [-0.05, 0) is 0 Å². The van der Waals surface area contributed by atoms with Crippen molar-refractivity contribution >= 4 is 18.4 Å². The van der Waals surface area contributed by atoms with E-state index in [1.54, 1.807) is 6.21 Å². The second-order valence-corrected chi connectivity index (χ2v) is 1.47. The van der Waals surface area contributed by atoms with Crippen LogP contribution in [0.1, 0.15) is 0 Å². The Hall–Kier alpha value is -0.990. The van der Waals surface area contributed by atoms with E-state index in [9.17, 15) is 0 Å². The lowest BCUT2D eigenvalue weighted by atomic mass is 10.4. The Labute approximate surface area is 40.5 Å². The Kier molecular flexibility index (Phi) is 0.353. The zero-order chi connectivity index (χ0) is 4.69. The predicted molar refractivity (Wildman–Crippen MR) is 28.2 cm³/mol. The van der Waals surface area contributed by atoms with E-state index in [-0.39, 0.29) is 6.04 Å². The third-order valence-corrected chi connectivity index (χ3v) is 0.952. The molecule has 0 saturated heterocycles. The second kappa shape index (κ2) is 0.804. The number of nitrogens with zero attached hydrogens (tertiary/aromatic N) is 3. The summed E-state index contributed by atoms with van der Waals surface area (Å²) in [6, 6.07) is 0.255. The van der Waals surface area contributed by atoms with E-state index in [4.69, 9.17) is 0 Å². The Balaban J connectivity index is 2.38. The van der Waals surface area contributed by atoms with Crippen molar-refractivity contribution in [2.24, 2.45) is 15.0 Å². The summed E-state index contributed by atoms with van der Waals surface area (Å²) >= 11 is 0. The van der Waals surface area contributed by atoms with Gasteiger partial charge in [-0.25, -0.2) is 9.98 Å². The van der Waals surface area contributed by atoms with Gasteiger partial charge >= 0.3 is 0 Å². The quantitative estimate of drug-likeness (QED) is 0.400. The van der Waals surface area contributed by atoms with E-state index in [0.29, 0.717) is 0 Å². The van der Waals surface area contributed by atoms with Crippen molar-refractivity contribution in [1.29, 1.82) is 0 Å². The number of fused-ring (bicyclic) bond motifs is 1. The van der Waals surface area contributed by atoms with Gasteiger partial charge in [-0.15, -0.1) is 0 Å². The Morgan fingerprint density at radius 2 is 2.57 bits per heavy atom. The fourth-order valence-corrected chi connectivity index (χ4v) is 0.527. The molecule has 0 N–H and O–H groups in total. The topological polar surface area (TPSA) is 37.1 Å². The fourth-order valence-electron chi connectivity index (χ4n) is 0.527. The second-order valence-electron chi connectivity index (χ2n) is 1.47. The van der Waals surface area contributed by atoms with Crippen LogP contribution < -0.4 is 0 Å². The summed E-state index contributed by atoms with van der Waals surface area (Å²) in [4.78, 5) is 11.5. The Morgan fingerprint density at radius 1 is 1.57 bits per heavy atom. The molecule has 2 aliphatic rings. The van der Waals surface area contributed by atoms with Crippen LogP contribution in [-0.4, -0.2) is 24.4 Å². The van der Waals surface area contributed by atoms with Gasteiger partial charge in [0.2, 0.25) is 0 Å². The summed E-state index contributed by atoms with van der Waals surface area (Å²) in [6.45, 7) is 0. The summed E-state index contributed by atoms with van der Waals surface area (Å²) in [5.74, 6) is 0.926. The molecule has 34 valence electrons. The highest BCUT2D eigenvalue weighted by atomic mass is 15.1. The van der Waals surface area contributed by atoms with Gasteiger partial charge in [0.25, 0.3) is 0 Å². The minimum atomic E-state index is 0.255. The number of hydrogen-bond acceptors (Lipinski definition) is 3. The normalized spacial score (nSPS) is 32.0. The first-order valence-corrected chi connectivity index (χ1v) is 2.10. The lowest BCUT2D eigenvalue weighted by molar-refractivity contribution is 1.37. The van der Waals surface area contributed by atoms with Crippen molar-refractivity contribution in [1.82, 2.24) is 0 Å². The van der Waals surface area contributed by atoms with E-state index in [1.807, 2.05) is 0 Å². The van der Waals surface area contributed by atoms with Crippen LogP contribution in [0.3, 0.4) is 0 Å². The first kappa shape index (κ1) is 3.07. The largest absolute Gasteiger partial charge is 0.251 e. The highest BCUT2D eigenvalue weighted by molar-refractivity contribution is 6.17. The van der Waals surface area contributed by atoms with E-state index in [0.717, 1.165) is 5.84 Å². The smallest absolute Gasteiger partial charge is 0.156 e. The third-order valence-electron chi connectivity index (χ3n) is 0.952. The molecule has 0 spiro atoms. The average Bonchev–Trinajstić information content (AvgIpc) is 2.41. The van der Waals surface area contributed by atoms with Gasteiger partial charge in [0.1, 0.15) is 12.4 Å². The Bertz CT molecular complexity index is 177. The standard InChI is InChI=1S/C4H3N3/c1-3-4(7-3)6-2-5-1/h1-3H. The van der Waals surface area contributed by atoms with Crippen LogP contribution in [0.15, 0.2) is 15.0 Å². The molecule has 7 heavy (non-hydrogen) atoms. The molecule has 0 amide bonds. The summed E-state index contributed by atoms with van der Waals surface area (Å²) in [5.41, 5.74) is 0. The lowest BCUT2D eigenvalue weighted by Gasteiger charge is -1.82. The average molecular weight is 93.1 g/mol. The fraction of sp³-hybridized carbons (Fsp3) is 0.250. The molecule has 3 nitrogen and oxygen atoms in total. The third kappa shape index (κ3) is 0.315. The summed E-state index contributed by atoms with van der Waals surface area (Å²) in [5, 5.41) is 0. The lowest BCUT2D eigenvalue weighted by Crippen LogP contribution is -2.00. The maximum Gasteiger partial charge on any atom is 0.156 e. The molecular formula is C4H3N3. The molecule has 0 aromatic heterocycles. The van der Waals surface area contributed by atoms with Crippen molar-refractivity contribution in [3.8, 4) is 0 Å². The summed E-state index contributed by atoms with van der Waals surface area (Å²) in [7, 11) is 0. The predicted octanol–water partition coefficient (Wildman–Crippen LogP) is -0.120. The van der Waals surface area contributed by atoms with Crippen molar-refractivity contribution in [2.45, 2.75) is 6.04 Å². The van der Waals surface area contributed by atoms with Gasteiger partial charge in [0.15, 0.2) is 5.84 Å². The van der Waals surface area contributed by atoms with E-state index in [2.05, 4.69) is 15.0 Å². The van der Waals surface area contributed by atoms with Gasteiger partial charge in [-0.3, -0.25) is 4.99 Å². The SMILES string of the molecule is C1=NC=NC2=NC12. The van der Waals surface area contributed by atoms with Gasteiger partial charge in [-0.1, -0.05) is 0 Å². The van der Waals surface area contributed by atoms with E-state index in [1.165, 1.54) is 6.34 Å². The zero-order valence-electron chi connectivity index (χ0n) is 3.57. The molecule has 0 radical (unpaired) electrons. The van der Waals surface area contributed by atoms with Crippen LogP contribution in [0.4, 0.5) is 0 Å². The van der Waals surface area contributed by atoms with Crippen LogP contribution in [0, 0.1) is 0 Å². The van der Waals surface area contributed by atoms with Gasteiger partial charge in [0.05, 0.1) is 0 Å². The van der Waals surface area contributed by atoms with Crippen molar-refractivity contribution in [3.05, 3.63) is 0 Å². The molecule has 2 heterocycles. The molecule has 2 rings (SSSR count). The number of amidine groups is 1. The van der Waals surface area contributed by atoms with Crippen molar-refractivity contribution in [2.75, 3.05) is 0 Å². The highest BCUT2D eigenvalue weighted by Crippen LogP contribution is 2.11. The first-order valence-electron chi connectivity index (χ1n) is 2.10. The van der Waals surface area contributed by atoms with Gasteiger partial charge in [-0.2, -0.15) is 0 Å². The molecular weight excluding hydrogens is 90.1 g/mol. The number of aliphatic imine (C=N–C) groups is 3. The van der Waals surface area contributed by atoms with Crippen LogP contribution >= 0.6 is 0 Å². The molecule has 0 saturated carbocycles. The molecule has 1 unspecified atom stereocenters. The van der Waals surface area contributed by atoms with Crippen LogP contribution in [-0.2, 0) is 0 Å². The van der Waals surface area contributed by atoms with Crippen molar-refractivity contribution in [3.63, 3.8) is 0 Å². The van der Waals surface area contributed by atoms with Gasteiger partial charge < -0.3 is 0 Å². The number of hydrogen-bond donors (Lipinski definition) is 0. The monoisotopic (exact) mass is 93.0 g/mol. The molecule has 2 aliphatic heterocycles. The maximum atomic E-state index is 3.92. The molecule has 1 atom stereocenters. The highest BCUT2D eigenvalue weighted by Gasteiger charge is 2.25. The maximum absolute atomic E-state index is 3.92. The van der Waals surface area contributed by atoms with E-state index < -0.39 is 0 Å². The van der Waals surface area contributed by atoms with Crippen LogP contribution in [0.5, 0.6) is 0 Å².